The van der Waals surface area contributed by atoms with Gasteiger partial charge >= 0.3 is 0 Å². The highest BCUT2D eigenvalue weighted by atomic mass is 79.9. The second kappa shape index (κ2) is 7.01. The van der Waals surface area contributed by atoms with Gasteiger partial charge in [-0.2, -0.15) is 0 Å². The van der Waals surface area contributed by atoms with Crippen molar-refractivity contribution >= 4 is 15.9 Å². The molecule has 0 aliphatic rings. The molecule has 0 saturated heterocycles. The summed E-state index contributed by atoms with van der Waals surface area (Å²) in [6, 6.07) is 7.89. The topological polar surface area (TPSA) is 55.5 Å². The van der Waals surface area contributed by atoms with Gasteiger partial charge in [0.2, 0.25) is 0 Å². The molecule has 1 rings (SSSR count). The summed E-state index contributed by atoms with van der Waals surface area (Å²) in [5.41, 5.74) is 6.77. The van der Waals surface area contributed by atoms with E-state index in [0.29, 0.717) is 19.6 Å². The third kappa shape index (κ3) is 3.87. The summed E-state index contributed by atoms with van der Waals surface area (Å²) in [4.78, 5) is 0. The molecule has 0 spiro atoms. The maximum atomic E-state index is 9.99. The van der Waals surface area contributed by atoms with Crippen molar-refractivity contribution < 1.29 is 9.84 Å². The van der Waals surface area contributed by atoms with Crippen LogP contribution < -0.4 is 5.73 Å². The van der Waals surface area contributed by atoms with Gasteiger partial charge < -0.3 is 15.6 Å². The van der Waals surface area contributed by atoms with E-state index in [1.807, 2.05) is 24.3 Å². The Kier molecular flexibility index (Phi) is 5.98. The number of nitrogens with two attached hydrogens (primary N) is 1. The highest BCUT2D eigenvalue weighted by molar-refractivity contribution is 9.10. The zero-order valence-corrected chi connectivity index (χ0v) is 11.0. The highest BCUT2D eigenvalue weighted by Crippen LogP contribution is 2.22. The Balaban J connectivity index is 2.69. The Morgan fingerprint density at radius 2 is 2.00 bits per heavy atom. The van der Waals surface area contributed by atoms with E-state index in [1.54, 1.807) is 7.11 Å². The predicted molar refractivity (Wildman–Crippen MR) is 68.4 cm³/mol. The lowest BCUT2D eigenvalue weighted by molar-refractivity contribution is 0.0920. The van der Waals surface area contributed by atoms with Crippen LogP contribution in [0.5, 0.6) is 0 Å². The summed E-state index contributed by atoms with van der Waals surface area (Å²) < 4.78 is 5.98. The first-order chi connectivity index (χ1) is 7.69. The van der Waals surface area contributed by atoms with Crippen LogP contribution in [0.15, 0.2) is 28.7 Å². The Hall–Kier alpha value is -0.420. The molecular weight excluding hydrogens is 270 g/mol. The fourth-order valence-corrected chi connectivity index (χ4v) is 1.93. The summed E-state index contributed by atoms with van der Waals surface area (Å²) in [6.07, 6.45) is 0.153. The minimum absolute atomic E-state index is 0.0248. The number of hydrogen-bond acceptors (Lipinski definition) is 3. The lowest BCUT2D eigenvalue weighted by atomic mass is 9.92. The summed E-state index contributed by atoms with van der Waals surface area (Å²) in [6.45, 7) is 0.987. The maximum absolute atomic E-state index is 9.99. The Morgan fingerprint density at radius 3 is 2.50 bits per heavy atom. The van der Waals surface area contributed by atoms with Gasteiger partial charge in [-0.05, 0) is 24.1 Å². The van der Waals surface area contributed by atoms with Crippen molar-refractivity contribution in [1.29, 1.82) is 0 Å². The Labute approximate surface area is 105 Å². The largest absolute Gasteiger partial charge is 0.392 e. The van der Waals surface area contributed by atoms with Crippen LogP contribution in [-0.2, 0) is 4.74 Å². The molecule has 0 aliphatic heterocycles. The normalized spacial score (nSPS) is 14.8. The van der Waals surface area contributed by atoms with Crippen molar-refractivity contribution in [1.82, 2.24) is 0 Å². The van der Waals surface area contributed by atoms with Crippen LogP contribution in [0.25, 0.3) is 0 Å². The third-order valence-electron chi connectivity index (χ3n) is 2.63. The zero-order valence-electron chi connectivity index (χ0n) is 9.40. The number of aliphatic hydroxyl groups is 1. The molecular formula is C12H18BrNO2. The van der Waals surface area contributed by atoms with Crippen molar-refractivity contribution in [2.45, 2.75) is 18.4 Å². The van der Waals surface area contributed by atoms with E-state index in [1.165, 1.54) is 0 Å². The van der Waals surface area contributed by atoms with Gasteiger partial charge in [-0.3, -0.25) is 0 Å². The number of benzene rings is 1. The van der Waals surface area contributed by atoms with E-state index < -0.39 is 6.10 Å². The van der Waals surface area contributed by atoms with Gasteiger partial charge in [-0.25, -0.2) is 0 Å². The van der Waals surface area contributed by atoms with E-state index in [9.17, 15) is 5.11 Å². The van der Waals surface area contributed by atoms with Crippen LogP contribution in [0.4, 0.5) is 0 Å². The van der Waals surface area contributed by atoms with Crippen LogP contribution in [0, 0.1) is 0 Å². The number of halogens is 1. The Bertz CT molecular complexity index is 302. The number of ether oxygens (including phenoxy) is 1. The van der Waals surface area contributed by atoms with Crippen molar-refractivity contribution in [3.05, 3.63) is 34.3 Å². The second-order valence-electron chi connectivity index (χ2n) is 3.74. The van der Waals surface area contributed by atoms with Gasteiger partial charge in [0.05, 0.1) is 6.10 Å². The molecule has 2 unspecified atom stereocenters. The first kappa shape index (κ1) is 13.6. The fraction of sp³-hybridized carbons (Fsp3) is 0.500. The molecule has 4 heteroatoms. The molecule has 0 fully saturated rings. The molecule has 2 atom stereocenters. The number of hydrogen-bond donors (Lipinski definition) is 2. The van der Waals surface area contributed by atoms with E-state index >= 15 is 0 Å². The lowest BCUT2D eigenvalue weighted by Crippen LogP contribution is -2.26. The third-order valence-corrected chi connectivity index (χ3v) is 3.16. The monoisotopic (exact) mass is 287 g/mol. The van der Waals surface area contributed by atoms with Crippen LogP contribution >= 0.6 is 15.9 Å². The zero-order chi connectivity index (χ0) is 12.0. The molecule has 1 aromatic carbocycles. The fourth-order valence-electron chi connectivity index (χ4n) is 1.67. The van der Waals surface area contributed by atoms with Crippen LogP contribution in [0.1, 0.15) is 17.9 Å². The smallest absolute Gasteiger partial charge is 0.0642 e. The van der Waals surface area contributed by atoms with Crippen LogP contribution in [0.2, 0.25) is 0 Å². The van der Waals surface area contributed by atoms with E-state index in [-0.39, 0.29) is 5.92 Å². The molecule has 90 valence electrons. The molecule has 0 bridgehead atoms. The van der Waals surface area contributed by atoms with Crippen molar-refractivity contribution in [3.63, 3.8) is 0 Å². The van der Waals surface area contributed by atoms with Crippen LogP contribution in [0.3, 0.4) is 0 Å². The van der Waals surface area contributed by atoms with E-state index in [4.69, 9.17) is 10.5 Å². The minimum atomic E-state index is -0.453. The van der Waals surface area contributed by atoms with Crippen molar-refractivity contribution in [2.24, 2.45) is 5.73 Å². The second-order valence-corrected chi connectivity index (χ2v) is 4.66. The summed E-state index contributed by atoms with van der Waals surface area (Å²) in [5.74, 6) is -0.0248. The molecule has 0 amide bonds. The molecule has 0 aliphatic carbocycles. The van der Waals surface area contributed by atoms with E-state index in [2.05, 4.69) is 15.9 Å². The number of aliphatic hydroxyl groups excluding tert-OH is 1. The molecule has 0 saturated carbocycles. The number of methoxy groups -OCH3 is 1. The van der Waals surface area contributed by atoms with Gasteiger partial charge in [-0.15, -0.1) is 0 Å². The standard InChI is InChI=1S/C12H18BrNO2/c1-16-7-6-12(15)11(8-14)9-2-4-10(13)5-3-9/h2-5,11-12,15H,6-8,14H2,1H3. The van der Waals surface area contributed by atoms with E-state index in [0.717, 1.165) is 10.0 Å². The minimum Gasteiger partial charge on any atom is -0.392 e. The molecule has 0 aromatic heterocycles. The molecule has 16 heavy (non-hydrogen) atoms. The quantitative estimate of drug-likeness (QED) is 0.840. The molecule has 3 N–H and O–H groups in total. The van der Waals surface area contributed by atoms with Gasteiger partial charge in [0.25, 0.3) is 0 Å². The SMILES string of the molecule is COCCC(O)C(CN)c1ccc(Br)cc1. The van der Waals surface area contributed by atoms with Gasteiger partial charge in [0.1, 0.15) is 0 Å². The van der Waals surface area contributed by atoms with Gasteiger partial charge in [-0.1, -0.05) is 28.1 Å². The summed E-state index contributed by atoms with van der Waals surface area (Å²) in [7, 11) is 1.63. The molecule has 0 radical (unpaired) electrons. The average molecular weight is 288 g/mol. The van der Waals surface area contributed by atoms with Gasteiger partial charge in [0, 0.05) is 30.7 Å². The Morgan fingerprint density at radius 1 is 1.38 bits per heavy atom. The summed E-state index contributed by atoms with van der Waals surface area (Å²) >= 11 is 3.38. The van der Waals surface area contributed by atoms with Crippen molar-refractivity contribution in [2.75, 3.05) is 20.3 Å². The lowest BCUT2D eigenvalue weighted by Gasteiger charge is -2.21. The highest BCUT2D eigenvalue weighted by Gasteiger charge is 2.19. The van der Waals surface area contributed by atoms with Crippen LogP contribution in [-0.4, -0.2) is 31.5 Å². The molecule has 3 nitrogen and oxygen atoms in total. The molecule has 1 aromatic rings. The number of rotatable bonds is 6. The maximum Gasteiger partial charge on any atom is 0.0642 e. The summed E-state index contributed by atoms with van der Waals surface area (Å²) in [5, 5.41) is 9.99. The van der Waals surface area contributed by atoms with Gasteiger partial charge in [0.15, 0.2) is 0 Å². The first-order valence-corrected chi connectivity index (χ1v) is 6.11. The first-order valence-electron chi connectivity index (χ1n) is 5.31. The molecule has 0 heterocycles. The van der Waals surface area contributed by atoms with Crippen molar-refractivity contribution in [3.8, 4) is 0 Å². The average Bonchev–Trinajstić information content (AvgIpc) is 2.30. The predicted octanol–water partition coefficient (Wildman–Crippen LogP) is 1.89.